The number of nitrogens with zero attached hydrogens (tertiary/aromatic N) is 4. The van der Waals surface area contributed by atoms with Crippen LogP contribution < -0.4 is 11.1 Å². The molecule has 3 N–H and O–H groups in total. The van der Waals surface area contributed by atoms with E-state index in [0.717, 1.165) is 31.4 Å². The van der Waals surface area contributed by atoms with Gasteiger partial charge < -0.3 is 15.8 Å². The first-order valence-corrected chi connectivity index (χ1v) is 12.5. The molecule has 1 aliphatic rings. The van der Waals surface area contributed by atoms with Gasteiger partial charge in [-0.15, -0.1) is 0 Å². The zero-order chi connectivity index (χ0) is 24.0. The summed E-state index contributed by atoms with van der Waals surface area (Å²) in [6.45, 7) is 0.813. The minimum Gasteiger partial charge on any atom is -0.454 e. The molecule has 0 amide bonds. The zero-order valence-electron chi connectivity index (χ0n) is 18.6. The summed E-state index contributed by atoms with van der Waals surface area (Å²) in [5.74, 6) is -0.231. The number of nitrogens with two attached hydrogens (primary N) is 1. The van der Waals surface area contributed by atoms with E-state index in [1.165, 1.54) is 28.6 Å². The third-order valence-electron chi connectivity index (χ3n) is 5.35. The summed E-state index contributed by atoms with van der Waals surface area (Å²) in [5, 5.41) is 3.01. The molecule has 0 bridgehead atoms. The molecule has 0 spiro atoms. The first kappa shape index (κ1) is 23.6. The summed E-state index contributed by atoms with van der Waals surface area (Å²) in [6.07, 6.45) is 3.78. The van der Waals surface area contributed by atoms with E-state index in [1.54, 1.807) is 0 Å². The number of benzene rings is 2. The Morgan fingerprint density at radius 1 is 0.941 bits per heavy atom. The largest absolute Gasteiger partial charge is 0.454 e. The van der Waals surface area contributed by atoms with Gasteiger partial charge in [0.15, 0.2) is 12.4 Å². The maximum atomic E-state index is 12.9. The highest BCUT2D eigenvalue weighted by Crippen LogP contribution is 2.21. The van der Waals surface area contributed by atoms with Crippen molar-refractivity contribution in [3.05, 3.63) is 66.0 Å². The molecule has 1 aromatic heterocycles. The Morgan fingerprint density at radius 3 is 2.29 bits per heavy atom. The van der Waals surface area contributed by atoms with Crippen LogP contribution in [0.25, 0.3) is 0 Å². The Morgan fingerprint density at radius 2 is 1.62 bits per heavy atom. The molecule has 3 aromatic rings. The van der Waals surface area contributed by atoms with E-state index in [1.807, 2.05) is 30.3 Å². The predicted molar refractivity (Wildman–Crippen MR) is 127 cm³/mol. The maximum absolute atomic E-state index is 12.9. The normalized spacial score (nSPS) is 14.8. The number of sulfonamides is 1. The molecule has 34 heavy (non-hydrogen) atoms. The molecule has 1 aliphatic heterocycles. The lowest BCUT2D eigenvalue weighted by atomic mass is 10.2. The lowest BCUT2D eigenvalue weighted by molar-refractivity contribution is 0.0462. The molecule has 11 heteroatoms. The SMILES string of the molecule is Nc1nc(COC(=O)c2ccc(S(=O)(=O)N3CCCCCC3)cc2)nc(Nc2ccccc2)n1. The third kappa shape index (κ3) is 5.86. The summed E-state index contributed by atoms with van der Waals surface area (Å²) < 4.78 is 32.6. The van der Waals surface area contributed by atoms with Crippen molar-refractivity contribution in [3.8, 4) is 0 Å². The van der Waals surface area contributed by atoms with Gasteiger partial charge in [0.05, 0.1) is 10.5 Å². The number of anilines is 3. The lowest BCUT2D eigenvalue weighted by Crippen LogP contribution is -2.31. The molecule has 0 atom stereocenters. The first-order chi connectivity index (χ1) is 16.4. The fraction of sp³-hybridized carbons (Fsp3) is 0.304. The van der Waals surface area contributed by atoms with E-state index in [0.29, 0.717) is 13.1 Å². The minimum atomic E-state index is -3.59. The number of rotatable bonds is 7. The van der Waals surface area contributed by atoms with Crippen LogP contribution in [-0.2, 0) is 21.4 Å². The molecule has 1 fully saturated rings. The molecule has 4 rings (SSSR count). The molecule has 2 aromatic carbocycles. The number of aromatic nitrogens is 3. The average Bonchev–Trinajstić information content (AvgIpc) is 3.13. The van der Waals surface area contributed by atoms with Crippen molar-refractivity contribution in [1.29, 1.82) is 0 Å². The zero-order valence-corrected chi connectivity index (χ0v) is 19.4. The van der Waals surface area contributed by atoms with Gasteiger partial charge in [-0.3, -0.25) is 0 Å². The second-order valence-corrected chi connectivity index (χ2v) is 9.78. The van der Waals surface area contributed by atoms with Crippen LogP contribution in [0, 0.1) is 0 Å². The average molecular weight is 483 g/mol. The quantitative estimate of drug-likeness (QED) is 0.486. The molecular weight excluding hydrogens is 456 g/mol. The highest BCUT2D eigenvalue weighted by Gasteiger charge is 2.25. The summed E-state index contributed by atoms with van der Waals surface area (Å²) >= 11 is 0. The second kappa shape index (κ2) is 10.6. The summed E-state index contributed by atoms with van der Waals surface area (Å²) in [4.78, 5) is 24.9. The standard InChI is InChI=1S/C23H26N6O4S/c24-22-26-20(27-23(28-22)25-18-8-4-3-5-9-18)16-33-21(30)17-10-12-19(13-11-17)34(31,32)29-14-6-1-2-7-15-29/h3-5,8-13H,1-2,6-7,14-16H2,(H3,24,25,26,27,28). The molecule has 1 saturated heterocycles. The van der Waals surface area contributed by atoms with Gasteiger partial charge in [0.25, 0.3) is 0 Å². The number of esters is 1. The number of hydrogen-bond acceptors (Lipinski definition) is 9. The lowest BCUT2D eigenvalue weighted by Gasteiger charge is -2.19. The van der Waals surface area contributed by atoms with Gasteiger partial charge in [0, 0.05) is 18.8 Å². The van der Waals surface area contributed by atoms with E-state index in [4.69, 9.17) is 10.5 Å². The molecule has 0 saturated carbocycles. The fourth-order valence-electron chi connectivity index (χ4n) is 3.62. The Balaban J connectivity index is 1.39. The Kier molecular flexibility index (Phi) is 7.33. The Bertz CT molecular complexity index is 1230. The van der Waals surface area contributed by atoms with Gasteiger partial charge in [-0.25, -0.2) is 13.2 Å². The highest BCUT2D eigenvalue weighted by atomic mass is 32.2. The number of nitrogen functional groups attached to an aromatic ring is 1. The van der Waals surface area contributed by atoms with Crippen molar-refractivity contribution >= 4 is 33.6 Å². The maximum Gasteiger partial charge on any atom is 0.338 e. The van der Waals surface area contributed by atoms with Crippen LogP contribution in [0.5, 0.6) is 0 Å². The van der Waals surface area contributed by atoms with Crippen LogP contribution in [0.4, 0.5) is 17.6 Å². The van der Waals surface area contributed by atoms with Crippen molar-refractivity contribution in [2.45, 2.75) is 37.2 Å². The van der Waals surface area contributed by atoms with Gasteiger partial charge in [-0.05, 0) is 49.2 Å². The Labute approximate surface area is 198 Å². The van der Waals surface area contributed by atoms with E-state index in [-0.39, 0.29) is 34.8 Å². The van der Waals surface area contributed by atoms with Crippen LogP contribution in [0.2, 0.25) is 0 Å². The number of nitrogens with one attached hydrogen (secondary N) is 1. The number of hydrogen-bond donors (Lipinski definition) is 2. The van der Waals surface area contributed by atoms with E-state index in [9.17, 15) is 13.2 Å². The summed E-state index contributed by atoms with van der Waals surface area (Å²) in [6, 6.07) is 15.0. The molecule has 10 nitrogen and oxygen atoms in total. The van der Waals surface area contributed by atoms with Gasteiger partial charge in [-0.2, -0.15) is 19.3 Å². The monoisotopic (exact) mass is 482 g/mol. The molecule has 0 unspecified atom stereocenters. The fourth-order valence-corrected chi connectivity index (χ4v) is 5.13. The van der Waals surface area contributed by atoms with Crippen molar-refractivity contribution in [2.75, 3.05) is 24.1 Å². The van der Waals surface area contributed by atoms with Crippen LogP contribution in [-0.4, -0.2) is 46.7 Å². The Hall–Kier alpha value is -3.57. The van der Waals surface area contributed by atoms with Gasteiger partial charge in [0.1, 0.15) is 0 Å². The number of carbonyl (C=O) groups excluding carboxylic acids is 1. The topological polar surface area (TPSA) is 140 Å². The molecule has 0 aliphatic carbocycles. The smallest absolute Gasteiger partial charge is 0.338 e. The molecular formula is C23H26N6O4S. The van der Waals surface area contributed by atoms with Crippen molar-refractivity contribution in [1.82, 2.24) is 19.3 Å². The summed E-state index contributed by atoms with van der Waals surface area (Å²) in [5.41, 5.74) is 6.75. The van der Waals surface area contributed by atoms with Gasteiger partial charge >= 0.3 is 5.97 Å². The number of para-hydroxylation sites is 1. The van der Waals surface area contributed by atoms with Gasteiger partial charge in [0.2, 0.25) is 21.9 Å². The minimum absolute atomic E-state index is 0.0115. The van der Waals surface area contributed by atoms with Crippen molar-refractivity contribution < 1.29 is 17.9 Å². The second-order valence-electron chi connectivity index (χ2n) is 7.84. The van der Waals surface area contributed by atoms with Crippen LogP contribution in [0.3, 0.4) is 0 Å². The predicted octanol–water partition coefficient (Wildman–Crippen LogP) is 3.12. The van der Waals surface area contributed by atoms with E-state index < -0.39 is 16.0 Å². The van der Waals surface area contributed by atoms with E-state index in [2.05, 4.69) is 20.3 Å². The summed E-state index contributed by atoms with van der Waals surface area (Å²) in [7, 11) is -3.59. The molecule has 2 heterocycles. The van der Waals surface area contributed by atoms with Crippen LogP contribution >= 0.6 is 0 Å². The van der Waals surface area contributed by atoms with Crippen LogP contribution in [0.1, 0.15) is 41.9 Å². The number of ether oxygens (including phenoxy) is 1. The number of carbonyl (C=O) groups is 1. The van der Waals surface area contributed by atoms with Crippen molar-refractivity contribution in [3.63, 3.8) is 0 Å². The third-order valence-corrected chi connectivity index (χ3v) is 7.27. The molecule has 178 valence electrons. The highest BCUT2D eigenvalue weighted by molar-refractivity contribution is 7.89. The van der Waals surface area contributed by atoms with E-state index >= 15 is 0 Å². The van der Waals surface area contributed by atoms with Gasteiger partial charge in [-0.1, -0.05) is 31.0 Å². The first-order valence-electron chi connectivity index (χ1n) is 11.0. The van der Waals surface area contributed by atoms with Crippen molar-refractivity contribution in [2.24, 2.45) is 0 Å². The molecule has 0 radical (unpaired) electrons. The van der Waals surface area contributed by atoms with Crippen LogP contribution in [0.15, 0.2) is 59.5 Å².